The summed E-state index contributed by atoms with van der Waals surface area (Å²) in [6.45, 7) is 2.02. The summed E-state index contributed by atoms with van der Waals surface area (Å²) in [4.78, 5) is 11.5. The molecule has 0 aliphatic heterocycles. The van der Waals surface area contributed by atoms with Crippen LogP contribution in [0, 0.1) is 0 Å². The fourth-order valence-corrected chi connectivity index (χ4v) is 2.60. The van der Waals surface area contributed by atoms with Crippen molar-refractivity contribution in [2.45, 2.75) is 90.1 Å². The highest BCUT2D eigenvalue weighted by molar-refractivity contribution is 6.18. The lowest BCUT2D eigenvalue weighted by Gasteiger charge is -2.12. The van der Waals surface area contributed by atoms with Crippen molar-refractivity contribution < 1.29 is 14.6 Å². The minimum Gasteiger partial charge on any atom is -0.459 e. The van der Waals surface area contributed by atoms with Crippen LogP contribution in [0.4, 0.5) is 0 Å². The van der Waals surface area contributed by atoms with Gasteiger partial charge in [-0.3, -0.25) is 4.79 Å². The molecule has 0 saturated carbocycles. The highest BCUT2D eigenvalue weighted by Gasteiger charge is 2.11. The summed E-state index contributed by atoms with van der Waals surface area (Å²) in [6.07, 6.45) is 21.7. The Kier molecular flexibility index (Phi) is 18.9. The molecule has 0 spiro atoms. The van der Waals surface area contributed by atoms with Crippen molar-refractivity contribution in [3.63, 3.8) is 0 Å². The topological polar surface area (TPSA) is 46.5 Å². The lowest BCUT2D eigenvalue weighted by atomic mass is 10.1. The molecule has 0 aromatic heterocycles. The molecule has 4 heteroatoms. The van der Waals surface area contributed by atoms with Crippen molar-refractivity contribution in [3.8, 4) is 0 Å². The molecule has 0 fully saturated rings. The summed E-state index contributed by atoms with van der Waals surface area (Å²) in [7, 11) is 0. The van der Waals surface area contributed by atoms with Gasteiger partial charge in [0.25, 0.3) is 0 Å². The predicted molar refractivity (Wildman–Crippen MR) is 107 cm³/mol. The fourth-order valence-electron chi connectivity index (χ4n) is 2.44. The monoisotopic (exact) mass is 372 g/mol. The number of alkyl halides is 1. The number of carbonyl (C=O) groups is 1. The zero-order chi connectivity index (χ0) is 18.6. The number of carbonyl (C=O) groups excluding carboxylic acids is 1. The van der Waals surface area contributed by atoms with Crippen LogP contribution in [-0.4, -0.2) is 29.7 Å². The summed E-state index contributed by atoms with van der Waals surface area (Å²) in [5, 5.41) is 8.91. The van der Waals surface area contributed by atoms with Crippen LogP contribution in [0.3, 0.4) is 0 Å². The summed E-state index contributed by atoms with van der Waals surface area (Å²) in [6, 6.07) is 0. The van der Waals surface area contributed by atoms with Crippen LogP contribution in [0.1, 0.15) is 84.0 Å². The molecule has 0 rings (SSSR count). The number of hydrogen-bond acceptors (Lipinski definition) is 3. The van der Waals surface area contributed by atoms with Gasteiger partial charge < -0.3 is 9.84 Å². The normalized spacial score (nSPS) is 12.9. The average Bonchev–Trinajstić information content (AvgIpc) is 2.62. The van der Waals surface area contributed by atoms with Crippen LogP contribution in [0.2, 0.25) is 0 Å². The van der Waals surface area contributed by atoms with Gasteiger partial charge in [0.2, 0.25) is 0 Å². The van der Waals surface area contributed by atoms with E-state index < -0.39 is 6.10 Å². The molecule has 1 unspecified atom stereocenters. The summed E-state index contributed by atoms with van der Waals surface area (Å²) in [5.74, 6) is -0.116. The Balaban J connectivity index is 3.35. The zero-order valence-corrected chi connectivity index (χ0v) is 16.7. The molecule has 25 heavy (non-hydrogen) atoms. The van der Waals surface area contributed by atoms with Crippen LogP contribution >= 0.6 is 11.6 Å². The first-order valence-electron chi connectivity index (χ1n) is 9.90. The summed E-state index contributed by atoms with van der Waals surface area (Å²) >= 11 is 5.56. The van der Waals surface area contributed by atoms with Crippen LogP contribution in [-0.2, 0) is 9.53 Å². The molecule has 1 atom stereocenters. The first-order valence-corrected chi connectivity index (χ1v) is 10.4. The van der Waals surface area contributed by atoms with Crippen LogP contribution in [0.25, 0.3) is 0 Å². The van der Waals surface area contributed by atoms with E-state index in [0.717, 1.165) is 32.1 Å². The second-order valence-electron chi connectivity index (χ2n) is 6.43. The van der Waals surface area contributed by atoms with Crippen LogP contribution in [0.5, 0.6) is 0 Å². The molecule has 0 radical (unpaired) electrons. The van der Waals surface area contributed by atoms with Crippen molar-refractivity contribution in [2.75, 3.05) is 12.5 Å². The van der Waals surface area contributed by atoms with Gasteiger partial charge in [0, 0.05) is 6.42 Å². The van der Waals surface area contributed by atoms with Gasteiger partial charge in [0.1, 0.15) is 6.10 Å². The van der Waals surface area contributed by atoms with Crippen molar-refractivity contribution in [3.05, 3.63) is 24.3 Å². The van der Waals surface area contributed by atoms with Gasteiger partial charge in [-0.05, 0) is 38.5 Å². The van der Waals surface area contributed by atoms with Gasteiger partial charge >= 0.3 is 5.97 Å². The largest absolute Gasteiger partial charge is 0.459 e. The number of allylic oxidation sites excluding steroid dienone is 4. The minimum absolute atomic E-state index is 0.143. The standard InChI is InChI=1S/C21H37ClO3/c1-2-3-4-5-6-7-8-9-10-11-12-13-14-15-16-17-21(24)25-20(18-22)19-23/h6-7,9-10,20,23H,2-5,8,11-19H2,1H3/b7-6-,10-9-. The number of aliphatic hydroxyl groups excluding tert-OH is 1. The molecule has 0 aliphatic carbocycles. The molecular formula is C21H37ClO3. The molecule has 3 nitrogen and oxygen atoms in total. The third kappa shape index (κ3) is 17.8. The quantitative estimate of drug-likeness (QED) is 0.149. The molecular weight excluding hydrogens is 336 g/mol. The molecule has 146 valence electrons. The van der Waals surface area contributed by atoms with Gasteiger partial charge in [0.15, 0.2) is 0 Å². The van der Waals surface area contributed by atoms with Gasteiger partial charge in [-0.2, -0.15) is 0 Å². The molecule has 0 saturated heterocycles. The number of ether oxygens (including phenoxy) is 1. The molecule has 0 aromatic rings. The first-order chi connectivity index (χ1) is 12.2. The van der Waals surface area contributed by atoms with Crippen LogP contribution in [0.15, 0.2) is 24.3 Å². The maximum atomic E-state index is 11.5. The van der Waals surface area contributed by atoms with E-state index in [1.54, 1.807) is 0 Å². The van der Waals surface area contributed by atoms with Crippen molar-refractivity contribution in [1.82, 2.24) is 0 Å². The molecule has 0 aromatic carbocycles. The van der Waals surface area contributed by atoms with E-state index in [9.17, 15) is 4.79 Å². The maximum absolute atomic E-state index is 11.5. The highest BCUT2D eigenvalue weighted by Crippen LogP contribution is 2.09. The van der Waals surface area contributed by atoms with E-state index >= 15 is 0 Å². The molecule has 0 bridgehead atoms. The lowest BCUT2D eigenvalue weighted by Crippen LogP contribution is -2.23. The number of halogens is 1. The van der Waals surface area contributed by atoms with Crippen molar-refractivity contribution >= 4 is 17.6 Å². The molecule has 0 amide bonds. The molecule has 1 N–H and O–H groups in total. The van der Waals surface area contributed by atoms with Crippen molar-refractivity contribution in [2.24, 2.45) is 0 Å². The smallest absolute Gasteiger partial charge is 0.306 e. The van der Waals surface area contributed by atoms with E-state index in [0.29, 0.717) is 6.42 Å². The third-order valence-corrected chi connectivity index (χ3v) is 4.35. The van der Waals surface area contributed by atoms with E-state index in [-0.39, 0.29) is 18.5 Å². The molecule has 0 heterocycles. The maximum Gasteiger partial charge on any atom is 0.306 e. The minimum atomic E-state index is -0.563. The third-order valence-electron chi connectivity index (χ3n) is 4.01. The van der Waals surface area contributed by atoms with E-state index in [2.05, 4.69) is 31.2 Å². The first kappa shape index (κ1) is 24.2. The summed E-state index contributed by atoms with van der Waals surface area (Å²) in [5.41, 5.74) is 0. The Hall–Kier alpha value is -0.800. The second-order valence-corrected chi connectivity index (χ2v) is 6.74. The van der Waals surface area contributed by atoms with Gasteiger partial charge in [-0.1, -0.05) is 63.3 Å². The van der Waals surface area contributed by atoms with Crippen molar-refractivity contribution in [1.29, 1.82) is 0 Å². The van der Waals surface area contributed by atoms with Gasteiger partial charge in [-0.15, -0.1) is 11.6 Å². The number of unbranched alkanes of at least 4 members (excludes halogenated alkanes) is 8. The average molecular weight is 373 g/mol. The van der Waals surface area contributed by atoms with Gasteiger partial charge in [-0.25, -0.2) is 0 Å². The van der Waals surface area contributed by atoms with E-state index in [1.165, 1.54) is 38.5 Å². The second kappa shape index (κ2) is 19.5. The number of rotatable bonds is 17. The summed E-state index contributed by atoms with van der Waals surface area (Å²) < 4.78 is 5.03. The highest BCUT2D eigenvalue weighted by atomic mass is 35.5. The Morgan fingerprint density at radius 2 is 1.56 bits per heavy atom. The number of esters is 1. The predicted octanol–water partition coefficient (Wildman–Crippen LogP) is 5.94. The SMILES string of the molecule is CCCCC/C=C\C/C=C\CCCCCCCC(=O)OC(CO)CCl. The lowest BCUT2D eigenvalue weighted by molar-refractivity contribution is -0.149. The van der Waals surface area contributed by atoms with Gasteiger partial charge in [0.05, 0.1) is 12.5 Å². The number of hydrogen-bond donors (Lipinski definition) is 1. The Morgan fingerprint density at radius 1 is 0.960 bits per heavy atom. The van der Waals surface area contributed by atoms with E-state index in [4.69, 9.17) is 21.4 Å². The Morgan fingerprint density at radius 3 is 2.16 bits per heavy atom. The zero-order valence-electron chi connectivity index (χ0n) is 15.9. The Labute approximate surface area is 159 Å². The van der Waals surface area contributed by atoms with Crippen LogP contribution < -0.4 is 0 Å². The van der Waals surface area contributed by atoms with E-state index in [1.807, 2.05) is 0 Å². The number of aliphatic hydroxyl groups is 1. The Bertz CT molecular complexity index is 349. The molecule has 0 aliphatic rings. The fraction of sp³-hybridized carbons (Fsp3) is 0.762.